The molecule has 0 fully saturated rings. The minimum absolute atomic E-state index is 0.00122. The van der Waals surface area contributed by atoms with Gasteiger partial charge in [0.25, 0.3) is 5.91 Å². The van der Waals surface area contributed by atoms with E-state index >= 15 is 0 Å². The van der Waals surface area contributed by atoms with E-state index in [9.17, 15) is 40.3 Å². The monoisotopic (exact) mass is 596 g/mol. The van der Waals surface area contributed by atoms with Crippen LogP contribution >= 0.6 is 34.8 Å². The Balaban J connectivity index is 2.26. The quantitative estimate of drug-likeness (QED) is 0.342. The predicted molar refractivity (Wildman–Crippen MR) is 124 cm³/mol. The van der Waals surface area contributed by atoms with Crippen molar-refractivity contribution in [2.24, 2.45) is 0 Å². The Morgan fingerprint density at radius 3 is 1.78 bits per heavy atom. The molecule has 2 aromatic rings. The maximum absolute atomic E-state index is 14.3. The lowest BCUT2D eigenvalue weighted by Crippen LogP contribution is -2.50. The van der Waals surface area contributed by atoms with Gasteiger partial charge in [0.2, 0.25) is 0 Å². The highest BCUT2D eigenvalue weighted by Gasteiger charge is 2.73. The highest BCUT2D eigenvalue weighted by Crippen LogP contribution is 2.54. The molecular weight excluding hydrogens is 580 g/mol. The van der Waals surface area contributed by atoms with Gasteiger partial charge in [0.05, 0.1) is 15.7 Å². The van der Waals surface area contributed by atoms with Crippen molar-refractivity contribution in [3.8, 4) is 0 Å². The van der Waals surface area contributed by atoms with E-state index in [0.29, 0.717) is 5.56 Å². The van der Waals surface area contributed by atoms with Crippen molar-refractivity contribution in [2.45, 2.75) is 50.9 Å². The molecule has 0 radical (unpaired) electrons. The number of nitrogens with one attached hydrogen (secondary N) is 2. The topological polar surface area (TPSA) is 67.4 Å². The summed E-state index contributed by atoms with van der Waals surface area (Å²) in [5, 5.41) is 2.93. The predicted octanol–water partition coefficient (Wildman–Crippen LogP) is 8.21. The summed E-state index contributed by atoms with van der Waals surface area (Å²) in [5.41, 5.74) is -8.58. The van der Waals surface area contributed by atoms with Crippen LogP contribution in [0.15, 0.2) is 30.3 Å². The van der Waals surface area contributed by atoms with Gasteiger partial charge in [-0.1, -0.05) is 40.9 Å². The largest absolute Gasteiger partial charge is 0.445 e. The second-order valence-electron chi connectivity index (χ2n) is 8.68. The Morgan fingerprint density at radius 2 is 1.35 bits per heavy atom. The van der Waals surface area contributed by atoms with Crippen LogP contribution in [0.2, 0.25) is 15.1 Å². The lowest BCUT2D eigenvalue weighted by molar-refractivity contribution is -0.348. The summed E-state index contributed by atoms with van der Waals surface area (Å²) in [6.45, 7) is 4.97. The summed E-state index contributed by atoms with van der Waals surface area (Å²) < 4.78 is 97.5. The fourth-order valence-electron chi connectivity index (χ4n) is 2.86. The normalized spacial score (nSPS) is 12.8. The average molecular weight is 598 g/mol. The Hall–Kier alpha value is -2.44. The molecule has 15 heteroatoms. The summed E-state index contributed by atoms with van der Waals surface area (Å²) in [6.07, 6.45) is -13.5. The average Bonchev–Trinajstić information content (AvgIpc) is 2.71. The fourth-order valence-corrected chi connectivity index (χ4v) is 3.67. The SMILES string of the molecule is CC(C)(C)NC(=O)OCc1ccc(C(=O)Nc2c(Cl)cc(C(F)(C(F)(F)F)C(F)(F)F)cc2Cl)cc1Cl. The number of amides is 2. The molecular formula is C22H18Cl3F7N2O3. The van der Waals surface area contributed by atoms with E-state index in [0.717, 1.165) is 6.07 Å². The standard InChI is InChI=1S/C22H18Cl3F7N2O3/c1-19(2,3)34-18(36)37-9-11-5-4-10(6-13(11)23)17(35)33-16-14(24)7-12(8-15(16)25)20(26,21(27,28)29)22(30,31)32/h4-8H,9H2,1-3H3,(H,33,35)(H,34,36). The number of alkyl carbamates (subject to hydrolysis) is 1. The molecule has 0 unspecified atom stereocenters. The van der Waals surface area contributed by atoms with E-state index in [2.05, 4.69) is 10.6 Å². The molecule has 0 bridgehead atoms. The number of anilines is 1. The number of rotatable bonds is 5. The molecule has 0 aliphatic rings. The fraction of sp³-hybridized carbons (Fsp3) is 0.364. The summed E-state index contributed by atoms with van der Waals surface area (Å²) >= 11 is 17.6. The van der Waals surface area contributed by atoms with Crippen LogP contribution in [0.3, 0.4) is 0 Å². The third-order valence-corrected chi connectivity index (χ3v) is 5.56. The van der Waals surface area contributed by atoms with Crippen molar-refractivity contribution in [2.75, 3.05) is 5.32 Å². The first kappa shape index (κ1) is 30.8. The zero-order valence-corrected chi connectivity index (χ0v) is 21.4. The molecule has 0 saturated heterocycles. The molecule has 0 spiro atoms. The number of carbonyl (C=O) groups excluding carboxylic acids is 2. The van der Waals surface area contributed by atoms with Gasteiger partial charge in [-0.2, -0.15) is 26.3 Å². The number of halogens is 10. The molecule has 2 amide bonds. The smallest absolute Gasteiger partial charge is 0.435 e. The van der Waals surface area contributed by atoms with Gasteiger partial charge in [-0.3, -0.25) is 4.79 Å². The van der Waals surface area contributed by atoms with Crippen LogP contribution in [0.25, 0.3) is 0 Å². The van der Waals surface area contributed by atoms with Crippen LogP contribution in [0.4, 0.5) is 41.2 Å². The summed E-state index contributed by atoms with van der Waals surface area (Å²) in [4.78, 5) is 24.4. The molecule has 0 aromatic heterocycles. The summed E-state index contributed by atoms with van der Waals surface area (Å²) in [7, 11) is 0. The molecule has 0 heterocycles. The molecule has 204 valence electrons. The van der Waals surface area contributed by atoms with Crippen molar-refractivity contribution in [1.82, 2.24) is 5.32 Å². The Morgan fingerprint density at radius 1 is 0.838 bits per heavy atom. The molecule has 2 aromatic carbocycles. The second kappa shape index (κ2) is 10.7. The molecule has 2 N–H and O–H groups in total. The molecule has 0 aliphatic carbocycles. The molecule has 0 atom stereocenters. The van der Waals surface area contributed by atoms with Crippen molar-refractivity contribution in [3.63, 3.8) is 0 Å². The van der Waals surface area contributed by atoms with Gasteiger partial charge in [0.1, 0.15) is 6.61 Å². The molecule has 5 nitrogen and oxygen atoms in total. The minimum atomic E-state index is -6.38. The highest BCUT2D eigenvalue weighted by molar-refractivity contribution is 6.40. The highest BCUT2D eigenvalue weighted by atomic mass is 35.5. The number of hydrogen-bond acceptors (Lipinski definition) is 3. The Labute approximate surface area is 221 Å². The van der Waals surface area contributed by atoms with Crippen LogP contribution in [0.5, 0.6) is 0 Å². The van der Waals surface area contributed by atoms with Gasteiger partial charge in [-0.25, -0.2) is 9.18 Å². The number of alkyl halides is 7. The van der Waals surface area contributed by atoms with Gasteiger partial charge in [-0.05, 0) is 45.0 Å². The maximum atomic E-state index is 14.3. The van der Waals surface area contributed by atoms with Crippen LogP contribution in [-0.2, 0) is 17.0 Å². The molecule has 2 rings (SSSR count). The number of hydrogen-bond donors (Lipinski definition) is 2. The van der Waals surface area contributed by atoms with E-state index in [1.807, 2.05) is 0 Å². The van der Waals surface area contributed by atoms with Crippen molar-refractivity contribution in [3.05, 3.63) is 62.1 Å². The second-order valence-corrected chi connectivity index (χ2v) is 9.90. The lowest BCUT2D eigenvalue weighted by Gasteiger charge is -2.30. The van der Waals surface area contributed by atoms with E-state index in [4.69, 9.17) is 39.5 Å². The number of ether oxygens (including phenoxy) is 1. The van der Waals surface area contributed by atoms with Gasteiger partial charge >= 0.3 is 24.1 Å². The van der Waals surface area contributed by atoms with Gasteiger partial charge in [0.15, 0.2) is 0 Å². The van der Waals surface area contributed by atoms with Crippen molar-refractivity contribution < 1.29 is 45.1 Å². The van der Waals surface area contributed by atoms with Crippen LogP contribution < -0.4 is 10.6 Å². The van der Waals surface area contributed by atoms with E-state index < -0.39 is 56.9 Å². The molecule has 37 heavy (non-hydrogen) atoms. The van der Waals surface area contributed by atoms with Crippen LogP contribution in [0.1, 0.15) is 42.3 Å². The van der Waals surface area contributed by atoms with Crippen molar-refractivity contribution >= 4 is 52.5 Å². The first-order valence-electron chi connectivity index (χ1n) is 10.0. The summed E-state index contributed by atoms with van der Waals surface area (Å²) in [5.74, 6) is -0.949. The third-order valence-electron chi connectivity index (χ3n) is 4.61. The zero-order chi connectivity index (χ0) is 28.6. The Bertz CT molecular complexity index is 1160. The molecule has 0 saturated carbocycles. The van der Waals surface area contributed by atoms with Crippen molar-refractivity contribution in [1.29, 1.82) is 0 Å². The van der Waals surface area contributed by atoms with Crippen LogP contribution in [-0.4, -0.2) is 29.9 Å². The molecule has 0 aliphatic heterocycles. The van der Waals surface area contributed by atoms with E-state index in [1.165, 1.54) is 12.1 Å². The number of benzene rings is 2. The lowest BCUT2D eigenvalue weighted by atomic mass is 9.94. The van der Waals surface area contributed by atoms with Crippen LogP contribution in [0, 0.1) is 0 Å². The van der Waals surface area contributed by atoms with E-state index in [1.54, 1.807) is 20.8 Å². The van der Waals surface area contributed by atoms with Gasteiger partial charge in [-0.15, -0.1) is 0 Å². The zero-order valence-electron chi connectivity index (χ0n) is 19.1. The first-order valence-corrected chi connectivity index (χ1v) is 11.2. The van der Waals surface area contributed by atoms with E-state index in [-0.39, 0.29) is 29.3 Å². The third kappa shape index (κ3) is 7.11. The number of carbonyl (C=O) groups is 2. The summed E-state index contributed by atoms with van der Waals surface area (Å²) in [6, 6.07) is 3.89. The first-order chi connectivity index (χ1) is 16.7. The maximum Gasteiger partial charge on any atom is 0.435 e. The van der Waals surface area contributed by atoms with Gasteiger partial charge in [0, 0.05) is 27.3 Å². The van der Waals surface area contributed by atoms with Gasteiger partial charge < -0.3 is 15.4 Å². The Kier molecular flexibility index (Phi) is 8.93. The minimum Gasteiger partial charge on any atom is -0.445 e.